The van der Waals surface area contributed by atoms with Gasteiger partial charge in [0.2, 0.25) is 0 Å². The molecule has 6 heavy (non-hydrogen) atoms. The fourth-order valence-electron chi connectivity index (χ4n) is 0. The van der Waals surface area contributed by atoms with Gasteiger partial charge < -0.3 is 0 Å². The van der Waals surface area contributed by atoms with Crippen LogP contribution < -0.4 is 0 Å². The molecule has 0 spiro atoms. The van der Waals surface area contributed by atoms with E-state index >= 15 is 0 Å². The van der Waals surface area contributed by atoms with Gasteiger partial charge in [-0.2, -0.15) is 0 Å². The van der Waals surface area contributed by atoms with Crippen LogP contribution in [0.2, 0.25) is 0 Å². The largest absolute Gasteiger partial charge is 0 e. The Labute approximate surface area is 107 Å². The Morgan fingerprint density at radius 3 is 1.00 bits per heavy atom. The monoisotopic (exact) mass is 418 g/mol. The Bertz CT molecular complexity index is 15.5. The van der Waals surface area contributed by atoms with Gasteiger partial charge in [-0.1, -0.05) is 0 Å². The third-order valence-corrected chi connectivity index (χ3v) is 0. The summed E-state index contributed by atoms with van der Waals surface area (Å²) in [5.41, 5.74) is 0. The van der Waals surface area contributed by atoms with Gasteiger partial charge >= 0.3 is 17.1 Å². The molecule has 0 aromatic carbocycles. The molecule has 0 aromatic heterocycles. The molecule has 0 bridgehead atoms. The van der Waals surface area contributed by atoms with Crippen molar-refractivity contribution in [2.75, 3.05) is 0 Å². The van der Waals surface area contributed by atoms with Gasteiger partial charge in [-0.25, -0.2) is 0 Å². The zero-order valence-corrected chi connectivity index (χ0v) is 12.9. The molecule has 0 aliphatic rings. The molecule has 0 saturated carbocycles. The average Bonchev–Trinajstić information content (AvgIpc) is 0. The minimum Gasteiger partial charge on any atom is 0 e. The van der Waals surface area contributed by atoms with Gasteiger partial charge in [0.1, 0.15) is 0 Å². The predicted octanol–water partition coefficient (Wildman–Crippen LogP) is -0.929. The first kappa shape index (κ1) is 57.5. The molecule has 42 valence electrons. The summed E-state index contributed by atoms with van der Waals surface area (Å²) in [6.07, 6.45) is 0. The van der Waals surface area contributed by atoms with E-state index in [0.717, 1.165) is 0 Å². The minimum atomic E-state index is 0. The Balaban J connectivity index is 0. The standard InChI is InChI=1S/Cu.Fe.Mn.Mo.H2Se.Zn/h;;;;1H2;. The molecule has 6 heteroatoms. The SMILES string of the molecule is [Cu].[Fe].[Mn].[Mo].[SeH2].[Zn]. The summed E-state index contributed by atoms with van der Waals surface area (Å²) in [7, 11) is 0. The first-order valence-corrected chi connectivity index (χ1v) is 0. The van der Waals surface area contributed by atoms with E-state index in [1.807, 2.05) is 0 Å². The molecule has 0 aliphatic carbocycles. The summed E-state index contributed by atoms with van der Waals surface area (Å²) in [6, 6.07) is 0. The van der Waals surface area contributed by atoms with Gasteiger partial charge in [0.25, 0.3) is 0 Å². The topological polar surface area (TPSA) is 0 Å². The Morgan fingerprint density at radius 1 is 1.00 bits per heavy atom. The molecule has 0 nitrogen and oxygen atoms in total. The molecule has 0 amide bonds. The Kier molecular flexibility index (Phi) is 382. The first-order valence-electron chi connectivity index (χ1n) is 0. The second-order valence-corrected chi connectivity index (χ2v) is 0. The maximum absolute atomic E-state index is 0. The summed E-state index contributed by atoms with van der Waals surface area (Å²) in [4.78, 5) is 0. The molecule has 0 N–H and O–H groups in total. The predicted molar refractivity (Wildman–Crippen MR) is 8.54 cm³/mol. The third-order valence-electron chi connectivity index (χ3n) is 0. The maximum atomic E-state index is 0. The van der Waals surface area contributed by atoms with Gasteiger partial charge in [-0.05, 0) is 0 Å². The number of rotatable bonds is 0. The van der Waals surface area contributed by atoms with Crippen LogP contribution in [0.5, 0.6) is 0 Å². The molecule has 0 aromatic rings. The molecule has 0 atom stereocenters. The average molecular weight is 417 g/mol. The van der Waals surface area contributed by atoms with Crippen LogP contribution in [-0.4, -0.2) is 17.1 Å². The van der Waals surface area contributed by atoms with Crippen LogP contribution in [0.25, 0.3) is 0 Å². The smallest absolute Gasteiger partial charge is 0 e. The van der Waals surface area contributed by atoms with Crippen molar-refractivity contribution in [1.29, 1.82) is 0 Å². The van der Waals surface area contributed by atoms with Crippen molar-refractivity contribution in [3.05, 3.63) is 0 Å². The second kappa shape index (κ2) is 39.9. The molecule has 0 saturated heterocycles. The van der Waals surface area contributed by atoms with Gasteiger partial charge in [-0.3, -0.25) is 0 Å². The second-order valence-electron chi connectivity index (χ2n) is 0. The fourth-order valence-corrected chi connectivity index (χ4v) is 0. The van der Waals surface area contributed by atoms with Gasteiger partial charge in [-0.15, -0.1) is 0 Å². The van der Waals surface area contributed by atoms with Gasteiger partial charge in [0.15, 0.2) is 0 Å². The summed E-state index contributed by atoms with van der Waals surface area (Å²) in [5, 5.41) is 0. The van der Waals surface area contributed by atoms with Gasteiger partial charge in [0.05, 0.1) is 0 Å². The molecule has 2 radical (unpaired) electrons. The molecule has 0 rings (SSSR count). The quantitative estimate of drug-likeness (QED) is 0.448. The maximum Gasteiger partial charge on any atom is 0 e. The van der Waals surface area contributed by atoms with Crippen molar-refractivity contribution in [2.24, 2.45) is 0 Å². The van der Waals surface area contributed by atoms with Crippen molar-refractivity contribution in [1.82, 2.24) is 0 Å². The van der Waals surface area contributed by atoms with Crippen molar-refractivity contribution in [3.8, 4) is 0 Å². The minimum absolute atomic E-state index is 0. The van der Waals surface area contributed by atoms with E-state index in [1.54, 1.807) is 0 Å². The molecule has 0 fully saturated rings. The van der Waals surface area contributed by atoms with Crippen LogP contribution in [0, 0.1) is 0 Å². The van der Waals surface area contributed by atoms with E-state index in [9.17, 15) is 0 Å². The van der Waals surface area contributed by atoms with Crippen molar-refractivity contribution in [2.45, 2.75) is 0 Å². The summed E-state index contributed by atoms with van der Waals surface area (Å²) >= 11 is 0. The fraction of sp³-hybridized carbons (Fsp3) is 0. The number of hydrogen-bond donors (Lipinski definition) is 0. The van der Waals surface area contributed by atoms with Crippen LogP contribution >= 0.6 is 0 Å². The van der Waals surface area contributed by atoms with Crippen molar-refractivity contribution in [3.63, 3.8) is 0 Å². The zero-order valence-electron chi connectivity index (χ0n) is 2.65. The molecular weight excluding hydrogens is 415 g/mol. The van der Waals surface area contributed by atoms with E-state index in [4.69, 9.17) is 0 Å². The van der Waals surface area contributed by atoms with Crippen LogP contribution in [0.4, 0.5) is 0 Å². The molecule has 0 unspecified atom stereocenters. The van der Waals surface area contributed by atoms with Crippen LogP contribution in [0.3, 0.4) is 0 Å². The van der Waals surface area contributed by atoms with E-state index < -0.39 is 0 Å². The van der Waals surface area contributed by atoms with Gasteiger partial charge in [0, 0.05) is 91.7 Å². The van der Waals surface area contributed by atoms with E-state index in [2.05, 4.69) is 0 Å². The molecular formula is H2CuFeMnMoSeZn. The summed E-state index contributed by atoms with van der Waals surface area (Å²) < 4.78 is 0. The van der Waals surface area contributed by atoms with E-state index in [0.29, 0.717) is 0 Å². The number of hydrogen-bond acceptors (Lipinski definition) is 0. The Hall–Kier alpha value is 3.39. The summed E-state index contributed by atoms with van der Waals surface area (Å²) in [5.74, 6) is 0. The summed E-state index contributed by atoms with van der Waals surface area (Å²) in [6.45, 7) is 0. The normalized spacial score (nSPS) is 0. The third kappa shape index (κ3) is 26.3. The zero-order chi connectivity index (χ0) is 0. The van der Waals surface area contributed by atoms with Crippen molar-refractivity contribution < 1.29 is 91.7 Å². The van der Waals surface area contributed by atoms with E-state index in [1.165, 1.54) is 0 Å². The molecule has 0 heterocycles. The van der Waals surface area contributed by atoms with Crippen LogP contribution in [-0.2, 0) is 91.7 Å². The first-order chi connectivity index (χ1) is 0. The molecule has 0 aliphatic heterocycles. The van der Waals surface area contributed by atoms with E-state index in [-0.39, 0.29) is 109 Å². The van der Waals surface area contributed by atoms with Crippen LogP contribution in [0.15, 0.2) is 0 Å². The van der Waals surface area contributed by atoms with Crippen LogP contribution in [0.1, 0.15) is 0 Å². The van der Waals surface area contributed by atoms with Crippen molar-refractivity contribution >= 4 is 17.1 Å². The Morgan fingerprint density at radius 2 is 1.00 bits per heavy atom.